The van der Waals surface area contributed by atoms with Crippen molar-refractivity contribution in [3.05, 3.63) is 54.1 Å². The fourth-order valence-corrected chi connectivity index (χ4v) is 3.48. The molecular weight excluding hydrogens is 284 g/mol. The second-order valence-corrected chi connectivity index (χ2v) is 6.18. The van der Waals surface area contributed by atoms with Crippen molar-refractivity contribution in [1.82, 2.24) is 4.31 Å². The second kappa shape index (κ2) is 6.86. The summed E-state index contributed by atoms with van der Waals surface area (Å²) in [5.41, 5.74) is 6.23. The van der Waals surface area contributed by atoms with Crippen molar-refractivity contribution in [1.29, 1.82) is 0 Å². The third-order valence-electron chi connectivity index (χ3n) is 2.51. The van der Waals surface area contributed by atoms with E-state index in [2.05, 4.69) is 13.2 Å². The number of nitrogens with two attached hydrogens (primary N) is 1. The van der Waals surface area contributed by atoms with Gasteiger partial charge in [0, 0.05) is 19.6 Å². The summed E-state index contributed by atoms with van der Waals surface area (Å²) >= 11 is 5.98. The number of halogens is 1. The van der Waals surface area contributed by atoms with E-state index in [1.165, 1.54) is 28.6 Å². The first-order chi connectivity index (χ1) is 8.97. The molecule has 0 saturated carbocycles. The molecule has 1 aromatic carbocycles. The van der Waals surface area contributed by atoms with E-state index < -0.39 is 10.0 Å². The van der Waals surface area contributed by atoms with Gasteiger partial charge >= 0.3 is 0 Å². The molecule has 0 aromatic heterocycles. The van der Waals surface area contributed by atoms with Gasteiger partial charge in [0.2, 0.25) is 10.0 Å². The van der Waals surface area contributed by atoms with Crippen LogP contribution in [0.15, 0.2) is 48.4 Å². The van der Waals surface area contributed by atoms with Crippen LogP contribution in [0, 0.1) is 0 Å². The lowest BCUT2D eigenvalue weighted by molar-refractivity contribution is 0.474. The van der Waals surface area contributed by atoms with Gasteiger partial charge in [0.15, 0.2) is 0 Å². The summed E-state index contributed by atoms with van der Waals surface area (Å²) in [4.78, 5) is 0.0563. The molecule has 0 fully saturated rings. The van der Waals surface area contributed by atoms with Gasteiger partial charge in [0.05, 0.1) is 5.02 Å². The minimum absolute atomic E-state index is 0.0563. The third kappa shape index (κ3) is 3.67. The Bertz CT molecular complexity index is 560. The van der Waals surface area contributed by atoms with Crippen LogP contribution in [-0.4, -0.2) is 25.8 Å². The molecule has 1 rings (SSSR count). The second-order valence-electron chi connectivity index (χ2n) is 3.87. The van der Waals surface area contributed by atoms with Crippen molar-refractivity contribution >= 4 is 21.6 Å². The highest BCUT2D eigenvalue weighted by Crippen LogP contribution is 2.25. The minimum Gasteiger partial charge on any atom is -0.326 e. The van der Waals surface area contributed by atoms with Gasteiger partial charge in [-0.3, -0.25) is 0 Å². The molecule has 0 radical (unpaired) electrons. The Balaban J connectivity index is 3.31. The van der Waals surface area contributed by atoms with Crippen molar-refractivity contribution in [3.63, 3.8) is 0 Å². The zero-order valence-electron chi connectivity index (χ0n) is 10.5. The van der Waals surface area contributed by atoms with E-state index in [1.807, 2.05) is 0 Å². The van der Waals surface area contributed by atoms with Crippen LogP contribution in [0.3, 0.4) is 0 Å². The fourth-order valence-electron chi connectivity index (χ4n) is 1.57. The summed E-state index contributed by atoms with van der Waals surface area (Å²) in [7, 11) is -3.69. The molecule has 0 saturated heterocycles. The van der Waals surface area contributed by atoms with Crippen LogP contribution in [-0.2, 0) is 16.6 Å². The SMILES string of the molecule is C=CCN(CC=C)S(=O)(=O)c1cc(CN)ccc1Cl. The van der Waals surface area contributed by atoms with Crippen LogP contribution in [0.4, 0.5) is 0 Å². The number of sulfonamides is 1. The number of hydrogen-bond acceptors (Lipinski definition) is 3. The number of hydrogen-bond donors (Lipinski definition) is 1. The predicted octanol–water partition coefficient (Wildman–Crippen LogP) is 2.16. The highest BCUT2D eigenvalue weighted by molar-refractivity contribution is 7.89. The van der Waals surface area contributed by atoms with Gasteiger partial charge in [-0.1, -0.05) is 29.8 Å². The summed E-state index contributed by atoms with van der Waals surface area (Å²) in [5, 5.41) is 0.176. The molecule has 0 atom stereocenters. The number of rotatable bonds is 7. The molecule has 104 valence electrons. The molecule has 0 unspecified atom stereocenters. The molecule has 0 aliphatic carbocycles. The van der Waals surface area contributed by atoms with Crippen LogP contribution in [0.1, 0.15) is 5.56 Å². The van der Waals surface area contributed by atoms with Crippen molar-refractivity contribution in [2.75, 3.05) is 13.1 Å². The van der Waals surface area contributed by atoms with E-state index in [-0.39, 0.29) is 29.6 Å². The number of benzene rings is 1. The minimum atomic E-state index is -3.69. The van der Waals surface area contributed by atoms with E-state index in [9.17, 15) is 8.42 Å². The largest absolute Gasteiger partial charge is 0.326 e. The zero-order chi connectivity index (χ0) is 14.5. The first-order valence-electron chi connectivity index (χ1n) is 5.67. The zero-order valence-corrected chi connectivity index (χ0v) is 12.1. The van der Waals surface area contributed by atoms with Gasteiger partial charge in [-0.15, -0.1) is 13.2 Å². The predicted molar refractivity (Wildman–Crippen MR) is 78.5 cm³/mol. The summed E-state index contributed by atoms with van der Waals surface area (Å²) in [5.74, 6) is 0. The summed E-state index contributed by atoms with van der Waals surface area (Å²) in [6, 6.07) is 4.74. The summed E-state index contributed by atoms with van der Waals surface area (Å²) < 4.78 is 26.3. The first-order valence-corrected chi connectivity index (χ1v) is 7.49. The van der Waals surface area contributed by atoms with Crippen molar-refractivity contribution in [3.8, 4) is 0 Å². The maximum absolute atomic E-state index is 12.5. The lowest BCUT2D eigenvalue weighted by atomic mass is 10.2. The third-order valence-corrected chi connectivity index (χ3v) is 4.83. The molecule has 2 N–H and O–H groups in total. The van der Waals surface area contributed by atoms with Crippen molar-refractivity contribution in [2.24, 2.45) is 5.73 Å². The molecule has 6 heteroatoms. The first kappa shape index (κ1) is 15.9. The van der Waals surface area contributed by atoms with Crippen molar-refractivity contribution < 1.29 is 8.42 Å². The van der Waals surface area contributed by atoms with Crippen LogP contribution < -0.4 is 5.73 Å². The Kier molecular flexibility index (Phi) is 5.75. The molecule has 0 heterocycles. The van der Waals surface area contributed by atoms with Gasteiger partial charge in [0.25, 0.3) is 0 Å². The van der Waals surface area contributed by atoms with Gasteiger partial charge in [-0.05, 0) is 17.7 Å². The monoisotopic (exact) mass is 300 g/mol. The molecular formula is C13H17ClN2O2S. The smallest absolute Gasteiger partial charge is 0.245 e. The molecule has 0 spiro atoms. The summed E-state index contributed by atoms with van der Waals surface area (Å²) in [6.45, 7) is 7.74. The van der Waals surface area contributed by atoms with Gasteiger partial charge < -0.3 is 5.73 Å². The van der Waals surface area contributed by atoms with E-state index in [4.69, 9.17) is 17.3 Å². The molecule has 0 aliphatic rings. The lowest BCUT2D eigenvalue weighted by Crippen LogP contribution is -2.31. The highest BCUT2D eigenvalue weighted by Gasteiger charge is 2.25. The Morgan fingerprint density at radius 2 is 1.84 bits per heavy atom. The quantitative estimate of drug-likeness (QED) is 0.785. The molecule has 0 amide bonds. The van der Waals surface area contributed by atoms with E-state index in [0.29, 0.717) is 5.56 Å². The maximum atomic E-state index is 12.5. The molecule has 1 aromatic rings. The topological polar surface area (TPSA) is 63.4 Å². The van der Waals surface area contributed by atoms with E-state index in [1.54, 1.807) is 6.07 Å². The average Bonchev–Trinajstić information content (AvgIpc) is 2.39. The Morgan fingerprint density at radius 3 is 2.32 bits per heavy atom. The van der Waals surface area contributed by atoms with E-state index >= 15 is 0 Å². The van der Waals surface area contributed by atoms with Gasteiger partial charge in [-0.25, -0.2) is 8.42 Å². The van der Waals surface area contributed by atoms with Crippen LogP contribution >= 0.6 is 11.6 Å². The van der Waals surface area contributed by atoms with Gasteiger partial charge in [0.1, 0.15) is 4.90 Å². The highest BCUT2D eigenvalue weighted by atomic mass is 35.5. The maximum Gasteiger partial charge on any atom is 0.245 e. The number of nitrogens with zero attached hydrogens (tertiary/aromatic N) is 1. The van der Waals surface area contributed by atoms with E-state index in [0.717, 1.165) is 0 Å². The van der Waals surface area contributed by atoms with Crippen LogP contribution in [0.25, 0.3) is 0 Å². The molecule has 0 aliphatic heterocycles. The Hall–Kier alpha value is -1.14. The normalized spacial score (nSPS) is 11.5. The Morgan fingerprint density at radius 1 is 1.26 bits per heavy atom. The van der Waals surface area contributed by atoms with Crippen molar-refractivity contribution in [2.45, 2.75) is 11.4 Å². The lowest BCUT2D eigenvalue weighted by Gasteiger charge is -2.20. The molecule has 4 nitrogen and oxygen atoms in total. The fraction of sp³-hybridized carbons (Fsp3) is 0.231. The van der Waals surface area contributed by atoms with Crippen LogP contribution in [0.5, 0.6) is 0 Å². The molecule has 0 bridgehead atoms. The van der Waals surface area contributed by atoms with Gasteiger partial charge in [-0.2, -0.15) is 4.31 Å². The standard InChI is InChI=1S/C13H17ClN2O2S/c1-3-7-16(8-4-2)19(17,18)13-9-11(10-15)5-6-12(13)14/h3-6,9H,1-2,7-8,10,15H2. The summed E-state index contributed by atoms with van der Waals surface area (Å²) in [6.07, 6.45) is 3.03. The average molecular weight is 301 g/mol. The van der Waals surface area contributed by atoms with Crippen LogP contribution in [0.2, 0.25) is 5.02 Å². The molecule has 19 heavy (non-hydrogen) atoms. The Labute approximate surface area is 119 Å².